The van der Waals surface area contributed by atoms with Gasteiger partial charge in [0.2, 0.25) is 31.3 Å². The SMILES string of the molecule is CC(C)[Si]1(C(C)C)O[Si@@]2(C(C)C)O[Si@]3(C(C)C)O[Si](C(C)C)(C(C)C)[Si](C(C)C)(C(C)C)O[Si@]3(C(C)C)O[Si@@]2(C(C)C)O[Si]1(C(C)C)C(C)C. The second-order valence-electron chi connectivity index (χ2n) is 20.3. The van der Waals surface area contributed by atoms with Crippen LogP contribution in [-0.4, -0.2) is 63.7 Å². The van der Waals surface area contributed by atoms with Crippen molar-refractivity contribution in [2.24, 2.45) is 0 Å². The smallest absolute Gasteiger partial charge is 0.366 e. The molecule has 3 heterocycles. The van der Waals surface area contributed by atoms with Crippen LogP contribution in [0.2, 0.25) is 66.5 Å². The first-order chi connectivity index (χ1) is 22.6. The fourth-order valence-electron chi connectivity index (χ4n) is 12.2. The van der Waals surface area contributed by atoms with Crippen LogP contribution in [0.5, 0.6) is 0 Å². The maximum atomic E-state index is 8.63. The van der Waals surface area contributed by atoms with Crippen molar-refractivity contribution in [2.45, 2.75) is 233 Å². The molecule has 3 saturated heterocycles. The zero-order valence-corrected chi connectivity index (χ0v) is 45.4. The summed E-state index contributed by atoms with van der Waals surface area (Å²) in [5.41, 5.74) is 3.92. The van der Waals surface area contributed by atoms with Gasteiger partial charge in [-0.15, -0.1) is 0 Å². The van der Waals surface area contributed by atoms with E-state index in [2.05, 4.69) is 166 Å². The van der Waals surface area contributed by atoms with Gasteiger partial charge in [0.25, 0.3) is 0 Å². The van der Waals surface area contributed by atoms with Crippen LogP contribution in [0.3, 0.4) is 0 Å². The van der Waals surface area contributed by atoms with Crippen molar-refractivity contribution < 1.29 is 24.7 Å². The lowest BCUT2D eigenvalue weighted by molar-refractivity contribution is 0.196. The van der Waals surface area contributed by atoms with Crippen LogP contribution < -0.4 is 0 Å². The summed E-state index contributed by atoms with van der Waals surface area (Å²) in [6.07, 6.45) is 0. The zero-order valence-electron chi connectivity index (χ0n) is 37.4. The van der Waals surface area contributed by atoms with Gasteiger partial charge in [-0.1, -0.05) is 166 Å². The molecule has 0 bridgehead atoms. The topological polar surface area (TPSA) is 55.4 Å². The fourth-order valence-corrected chi connectivity index (χ4v) is 134. The van der Waals surface area contributed by atoms with Crippen LogP contribution in [0.25, 0.3) is 0 Å². The fraction of sp³-hybridized carbons (Fsp3) is 1.00. The van der Waals surface area contributed by atoms with E-state index in [4.69, 9.17) is 24.7 Å². The van der Waals surface area contributed by atoms with Crippen LogP contribution in [0, 0.1) is 0 Å². The average molecular weight is 838 g/mol. The second-order valence-corrected chi connectivity index (χ2v) is 68.5. The molecule has 0 radical (unpaired) electrons. The van der Waals surface area contributed by atoms with E-state index in [1.807, 2.05) is 0 Å². The lowest BCUT2D eigenvalue weighted by atomic mass is 10.5. The normalized spacial score (nSPS) is 33.8. The molecule has 0 N–H and O–H groups in total. The van der Waals surface area contributed by atoms with Crippen molar-refractivity contribution in [2.75, 3.05) is 0 Å². The van der Waals surface area contributed by atoms with E-state index in [9.17, 15) is 0 Å². The highest BCUT2D eigenvalue weighted by Gasteiger charge is 2.92. The Labute approximate surface area is 319 Å². The van der Waals surface area contributed by atoms with Crippen molar-refractivity contribution in [3.05, 3.63) is 0 Å². The molecule has 0 aromatic carbocycles. The van der Waals surface area contributed by atoms with Gasteiger partial charge in [0.15, 0.2) is 0 Å². The lowest BCUT2D eigenvalue weighted by Gasteiger charge is -2.76. The molecule has 3 fully saturated rings. The van der Waals surface area contributed by atoms with Crippen molar-refractivity contribution >= 4 is 63.7 Å². The third kappa shape index (κ3) is 5.50. The van der Waals surface area contributed by atoms with Crippen molar-refractivity contribution in [1.82, 2.24) is 0 Å². The molecule has 3 aliphatic rings. The van der Waals surface area contributed by atoms with E-state index < -0.39 is 63.7 Å². The molecule has 3 aliphatic heterocycles. The van der Waals surface area contributed by atoms with E-state index in [0.29, 0.717) is 44.3 Å². The molecule has 3 rings (SSSR count). The van der Waals surface area contributed by atoms with Gasteiger partial charge in [0, 0.05) is 0 Å². The first-order valence-electron chi connectivity index (χ1n) is 20.8. The summed E-state index contributed by atoms with van der Waals surface area (Å²) < 4.78 is 51.7. The highest BCUT2D eigenvalue weighted by molar-refractivity contribution is 7.58. The van der Waals surface area contributed by atoms with Crippen LogP contribution in [0.1, 0.15) is 166 Å². The maximum absolute atomic E-state index is 8.63. The van der Waals surface area contributed by atoms with Crippen LogP contribution >= 0.6 is 0 Å². The summed E-state index contributed by atoms with van der Waals surface area (Å²) in [6, 6.07) is 0. The summed E-state index contributed by atoms with van der Waals surface area (Å²) in [4.78, 5) is 0. The minimum absolute atomic E-state index is 0.173. The molecule has 0 aromatic heterocycles. The highest BCUT2D eigenvalue weighted by Crippen LogP contribution is 2.68. The monoisotopic (exact) mass is 836 g/mol. The molecule has 0 saturated carbocycles. The van der Waals surface area contributed by atoms with Crippen molar-refractivity contribution in [3.63, 3.8) is 0 Å². The number of fused-ring (bicyclic) bond motifs is 2. The standard InChI is InChI=1S/C36H84O6Si8/c1-25(2)43(26(3)4)37-47(33(17)18)41-49(35(21)22)39-45(29(9)10,30(11)12)46(31(13)14,32(15)16)40-50(49,36(23)24)42-48(47,34(19)20)38-44(43,27(5)6)28(7)8/h25-36H,1-24H3/t47-,48+,49-,50+. The first kappa shape index (κ1) is 45.9. The van der Waals surface area contributed by atoms with Gasteiger partial charge in [0.1, 0.15) is 0 Å². The molecule has 296 valence electrons. The third-order valence-electron chi connectivity index (χ3n) is 14.0. The quantitative estimate of drug-likeness (QED) is 0.183. The minimum Gasteiger partial charge on any atom is -0.434 e. The molecule has 0 unspecified atom stereocenters. The Hall–Kier alpha value is 1.50. The van der Waals surface area contributed by atoms with E-state index in [1.165, 1.54) is 0 Å². The number of rotatable bonds is 12. The lowest BCUT2D eigenvalue weighted by Crippen LogP contribution is -3.01. The average Bonchev–Trinajstić information content (AvgIpc) is 2.96. The predicted octanol–water partition coefficient (Wildman–Crippen LogP) is 12.9. The third-order valence-corrected chi connectivity index (χ3v) is 98.2. The van der Waals surface area contributed by atoms with Gasteiger partial charge in [-0.2, -0.15) is 0 Å². The Morgan fingerprint density at radius 3 is 0.380 bits per heavy atom. The Balaban J connectivity index is 2.73. The molecule has 14 heteroatoms. The number of hydrogen-bond donors (Lipinski definition) is 0. The molecule has 0 amide bonds. The number of hydrogen-bond acceptors (Lipinski definition) is 6. The first-order valence-corrected chi connectivity index (χ1v) is 40.6. The highest BCUT2D eigenvalue weighted by atomic mass is 29.4. The van der Waals surface area contributed by atoms with Crippen LogP contribution in [-0.2, 0) is 24.7 Å². The Morgan fingerprint density at radius 2 is 0.300 bits per heavy atom. The molecule has 0 aliphatic carbocycles. The van der Waals surface area contributed by atoms with Gasteiger partial charge in [-0.25, -0.2) is 0 Å². The van der Waals surface area contributed by atoms with Gasteiger partial charge < -0.3 is 24.7 Å². The predicted molar refractivity (Wildman–Crippen MR) is 234 cm³/mol. The summed E-state index contributed by atoms with van der Waals surface area (Å²) in [5.74, 6) is 0. The van der Waals surface area contributed by atoms with E-state index in [0.717, 1.165) is 0 Å². The maximum Gasteiger partial charge on any atom is 0.366 e. The van der Waals surface area contributed by atoms with E-state index in [1.54, 1.807) is 0 Å². The van der Waals surface area contributed by atoms with Crippen LogP contribution in [0.4, 0.5) is 0 Å². The van der Waals surface area contributed by atoms with Crippen LogP contribution in [0.15, 0.2) is 0 Å². The zero-order chi connectivity index (χ0) is 39.2. The van der Waals surface area contributed by atoms with E-state index in [-0.39, 0.29) is 22.2 Å². The molecule has 4 atom stereocenters. The van der Waals surface area contributed by atoms with Gasteiger partial charge in [-0.05, 0) is 66.5 Å². The summed E-state index contributed by atoms with van der Waals surface area (Å²) in [7, 11) is -23.6. The molecule has 50 heavy (non-hydrogen) atoms. The van der Waals surface area contributed by atoms with E-state index >= 15 is 0 Å². The Morgan fingerprint density at radius 1 is 0.180 bits per heavy atom. The summed E-state index contributed by atoms with van der Waals surface area (Å²) >= 11 is 0. The second kappa shape index (κ2) is 14.8. The summed E-state index contributed by atoms with van der Waals surface area (Å²) in [6.45, 7) is 58.5. The minimum atomic E-state index is -3.28. The van der Waals surface area contributed by atoms with Gasteiger partial charge in [-0.3, -0.25) is 0 Å². The molecule has 0 spiro atoms. The largest absolute Gasteiger partial charge is 0.434 e. The molecular formula is C36H84O6Si8. The Bertz CT molecular complexity index is 983. The summed E-state index contributed by atoms with van der Waals surface area (Å²) in [5, 5.41) is 0. The van der Waals surface area contributed by atoms with Gasteiger partial charge in [0.05, 0.1) is 0 Å². The van der Waals surface area contributed by atoms with Crippen molar-refractivity contribution in [1.29, 1.82) is 0 Å². The van der Waals surface area contributed by atoms with Gasteiger partial charge >= 0.3 is 32.3 Å². The molecular weight excluding hydrogens is 753 g/mol. The van der Waals surface area contributed by atoms with Crippen molar-refractivity contribution in [3.8, 4) is 0 Å². The Kier molecular flexibility index (Phi) is 13.6. The molecule has 6 nitrogen and oxygen atoms in total. The molecule has 0 aromatic rings.